The lowest BCUT2D eigenvalue weighted by atomic mass is 9.81. The molecule has 0 radical (unpaired) electrons. The Morgan fingerprint density at radius 2 is 1.83 bits per heavy atom. The fourth-order valence-electron chi connectivity index (χ4n) is 1.16. The minimum Gasteiger partial charge on any atom is -0.290 e. The van der Waals surface area contributed by atoms with E-state index in [1.54, 1.807) is 12.2 Å². The van der Waals surface area contributed by atoms with Gasteiger partial charge in [-0.1, -0.05) is 33.4 Å². The molecule has 0 unspecified atom stereocenters. The van der Waals surface area contributed by atoms with Gasteiger partial charge in [0.1, 0.15) is 0 Å². The minimum absolute atomic E-state index is 0.0786. The highest BCUT2D eigenvalue weighted by Crippen LogP contribution is 2.29. The highest BCUT2D eigenvalue weighted by atomic mass is 16.1. The zero-order chi connectivity index (χ0) is 9.35. The normalized spacial score (nSPS) is 18.1. The topological polar surface area (TPSA) is 17.1 Å². The summed E-state index contributed by atoms with van der Waals surface area (Å²) >= 11 is 0. The maximum Gasteiger partial charge on any atom is 0.182 e. The lowest BCUT2D eigenvalue weighted by Crippen LogP contribution is -2.18. The number of carbonyl (C=O) groups is 1. The summed E-state index contributed by atoms with van der Waals surface area (Å²) in [6, 6.07) is 0. The summed E-state index contributed by atoms with van der Waals surface area (Å²) < 4.78 is 0. The van der Waals surface area contributed by atoms with Crippen molar-refractivity contribution in [2.45, 2.75) is 20.8 Å². The third kappa shape index (κ3) is 1.73. The predicted molar refractivity (Wildman–Crippen MR) is 50.8 cm³/mol. The van der Waals surface area contributed by atoms with Gasteiger partial charge >= 0.3 is 0 Å². The van der Waals surface area contributed by atoms with Gasteiger partial charge in [0.2, 0.25) is 0 Å². The number of allylic oxidation sites excluding steroid dienone is 5. The van der Waals surface area contributed by atoms with Crippen LogP contribution in [0.2, 0.25) is 0 Å². The summed E-state index contributed by atoms with van der Waals surface area (Å²) in [5, 5.41) is 0. The maximum absolute atomic E-state index is 11.4. The summed E-state index contributed by atoms with van der Waals surface area (Å²) in [5.74, 6) is 0.106. The summed E-state index contributed by atoms with van der Waals surface area (Å²) in [6.45, 7) is 9.89. The molecule has 0 heterocycles. The van der Waals surface area contributed by atoms with Crippen LogP contribution in [-0.4, -0.2) is 5.78 Å². The van der Waals surface area contributed by atoms with Crippen LogP contribution < -0.4 is 0 Å². The van der Waals surface area contributed by atoms with Crippen molar-refractivity contribution in [2.24, 2.45) is 5.41 Å². The summed E-state index contributed by atoms with van der Waals surface area (Å²) in [7, 11) is 0. The zero-order valence-corrected chi connectivity index (χ0v) is 7.85. The fraction of sp³-hybridized carbons (Fsp3) is 0.364. The third-order valence-corrected chi connectivity index (χ3v) is 1.85. The second-order valence-corrected chi connectivity index (χ2v) is 4.08. The van der Waals surface area contributed by atoms with Crippen LogP contribution in [0.4, 0.5) is 0 Å². The Morgan fingerprint density at radius 1 is 1.25 bits per heavy atom. The molecule has 0 spiro atoms. The van der Waals surface area contributed by atoms with E-state index in [1.807, 2.05) is 26.8 Å². The first-order chi connectivity index (χ1) is 5.41. The maximum atomic E-state index is 11.4. The molecule has 1 nitrogen and oxygen atoms in total. The Bertz CT molecular complexity index is 285. The van der Waals surface area contributed by atoms with Crippen LogP contribution in [0.5, 0.6) is 0 Å². The van der Waals surface area contributed by atoms with Crippen LogP contribution in [0.3, 0.4) is 0 Å². The first-order valence-corrected chi connectivity index (χ1v) is 4.05. The molecule has 64 valence electrons. The highest BCUT2D eigenvalue weighted by molar-refractivity contribution is 6.06. The fourth-order valence-corrected chi connectivity index (χ4v) is 1.16. The Labute approximate surface area is 73.5 Å². The Balaban J connectivity index is 3.05. The number of hydrogen-bond acceptors (Lipinski definition) is 1. The smallest absolute Gasteiger partial charge is 0.182 e. The van der Waals surface area contributed by atoms with Gasteiger partial charge in [-0.15, -0.1) is 0 Å². The Morgan fingerprint density at radius 3 is 2.25 bits per heavy atom. The monoisotopic (exact) mass is 162 g/mol. The van der Waals surface area contributed by atoms with Gasteiger partial charge in [-0.2, -0.15) is 0 Å². The number of carbonyl (C=O) groups excluding carboxylic acids is 1. The molecule has 0 N–H and O–H groups in total. The van der Waals surface area contributed by atoms with Gasteiger partial charge in [-0.05, 0) is 23.1 Å². The van der Waals surface area contributed by atoms with Crippen LogP contribution in [0, 0.1) is 5.41 Å². The van der Waals surface area contributed by atoms with Crippen LogP contribution in [-0.2, 0) is 4.79 Å². The molecule has 0 aromatic carbocycles. The average Bonchev–Trinajstić information content (AvgIpc) is 1.92. The van der Waals surface area contributed by atoms with E-state index < -0.39 is 0 Å². The van der Waals surface area contributed by atoms with E-state index >= 15 is 0 Å². The predicted octanol–water partition coefficient (Wildman–Crippen LogP) is 2.65. The number of rotatable bonds is 0. The van der Waals surface area contributed by atoms with Crippen molar-refractivity contribution in [3.8, 4) is 0 Å². The van der Waals surface area contributed by atoms with Gasteiger partial charge in [-0.25, -0.2) is 0 Å². The lowest BCUT2D eigenvalue weighted by molar-refractivity contribution is -0.112. The summed E-state index contributed by atoms with van der Waals surface area (Å²) in [4.78, 5) is 11.4. The summed E-state index contributed by atoms with van der Waals surface area (Å²) in [6.07, 6.45) is 5.20. The van der Waals surface area contributed by atoms with Crippen LogP contribution >= 0.6 is 0 Å². The van der Waals surface area contributed by atoms with Crippen molar-refractivity contribution in [3.05, 3.63) is 36.0 Å². The average molecular weight is 162 g/mol. The molecule has 0 atom stereocenters. The van der Waals surface area contributed by atoms with E-state index in [0.29, 0.717) is 0 Å². The number of ketones is 1. The molecule has 12 heavy (non-hydrogen) atoms. The van der Waals surface area contributed by atoms with E-state index in [4.69, 9.17) is 0 Å². The molecule has 0 amide bonds. The van der Waals surface area contributed by atoms with Gasteiger partial charge < -0.3 is 0 Å². The van der Waals surface area contributed by atoms with Crippen molar-refractivity contribution in [2.75, 3.05) is 0 Å². The molecule has 0 aromatic rings. The molecule has 1 heteroatoms. The van der Waals surface area contributed by atoms with E-state index in [1.165, 1.54) is 0 Å². The Kier molecular flexibility index (Phi) is 2.05. The lowest BCUT2D eigenvalue weighted by Gasteiger charge is -2.22. The molecule has 0 fully saturated rings. The molecule has 0 saturated heterocycles. The molecule has 0 aromatic heterocycles. The zero-order valence-electron chi connectivity index (χ0n) is 7.85. The summed E-state index contributed by atoms with van der Waals surface area (Å²) in [5.41, 5.74) is 1.67. The highest BCUT2D eigenvalue weighted by Gasteiger charge is 2.23. The molecule has 0 bridgehead atoms. The number of hydrogen-bond donors (Lipinski definition) is 0. The molecule has 0 saturated carbocycles. The van der Waals surface area contributed by atoms with Gasteiger partial charge in [0.05, 0.1) is 0 Å². The molecular weight excluding hydrogens is 148 g/mol. The second kappa shape index (κ2) is 2.74. The van der Waals surface area contributed by atoms with E-state index in [2.05, 4.69) is 6.58 Å². The van der Waals surface area contributed by atoms with Gasteiger partial charge in [0.15, 0.2) is 5.78 Å². The first-order valence-electron chi connectivity index (χ1n) is 4.05. The first kappa shape index (κ1) is 8.98. The van der Waals surface area contributed by atoms with Crippen molar-refractivity contribution >= 4 is 5.78 Å². The van der Waals surface area contributed by atoms with Crippen LogP contribution in [0.25, 0.3) is 0 Å². The SMILES string of the molecule is C=C1C=CC(=O)C(C(C)(C)C)=C1. The van der Waals surface area contributed by atoms with Crippen molar-refractivity contribution in [1.82, 2.24) is 0 Å². The molecule has 1 aliphatic rings. The quantitative estimate of drug-likeness (QED) is 0.535. The van der Waals surface area contributed by atoms with E-state index in [-0.39, 0.29) is 11.2 Å². The molecule has 1 aliphatic carbocycles. The molecule has 1 rings (SSSR count). The van der Waals surface area contributed by atoms with Gasteiger partial charge in [0.25, 0.3) is 0 Å². The van der Waals surface area contributed by atoms with Crippen molar-refractivity contribution < 1.29 is 4.79 Å². The largest absolute Gasteiger partial charge is 0.290 e. The Hall–Kier alpha value is -1.11. The van der Waals surface area contributed by atoms with Crippen molar-refractivity contribution in [3.63, 3.8) is 0 Å². The van der Waals surface area contributed by atoms with Gasteiger partial charge in [0, 0.05) is 5.57 Å². The van der Waals surface area contributed by atoms with E-state index in [9.17, 15) is 4.79 Å². The van der Waals surface area contributed by atoms with Gasteiger partial charge in [-0.3, -0.25) is 4.79 Å². The van der Waals surface area contributed by atoms with E-state index in [0.717, 1.165) is 11.1 Å². The van der Waals surface area contributed by atoms with Crippen LogP contribution in [0.15, 0.2) is 36.0 Å². The van der Waals surface area contributed by atoms with Crippen molar-refractivity contribution in [1.29, 1.82) is 0 Å². The third-order valence-electron chi connectivity index (χ3n) is 1.85. The molecule has 0 aliphatic heterocycles. The molecular formula is C11H14O. The standard InChI is InChI=1S/C11H14O/c1-8-5-6-10(12)9(7-8)11(2,3)4/h5-7H,1H2,2-4H3. The second-order valence-electron chi connectivity index (χ2n) is 4.08. The van der Waals surface area contributed by atoms with Crippen LogP contribution in [0.1, 0.15) is 20.8 Å². The minimum atomic E-state index is -0.0786.